The lowest BCUT2D eigenvalue weighted by atomic mass is 10.1. The zero-order valence-corrected chi connectivity index (χ0v) is 11.6. The number of amides is 3. The zero-order chi connectivity index (χ0) is 13.6. The summed E-state index contributed by atoms with van der Waals surface area (Å²) in [5.74, 6) is -0.211. The second kappa shape index (κ2) is 4.69. The molecule has 2 saturated heterocycles. The molecule has 6 heteroatoms. The first kappa shape index (κ1) is 12.8. The summed E-state index contributed by atoms with van der Waals surface area (Å²) in [6.45, 7) is 0.700. The molecule has 1 atom stereocenters. The van der Waals surface area contributed by atoms with E-state index in [4.69, 9.17) is 23.2 Å². The second-order valence-corrected chi connectivity index (χ2v) is 5.64. The molecule has 19 heavy (non-hydrogen) atoms. The van der Waals surface area contributed by atoms with Crippen LogP contribution in [0, 0.1) is 0 Å². The maximum atomic E-state index is 12.4. The third-order valence-electron chi connectivity index (χ3n) is 3.62. The first-order valence-corrected chi connectivity index (χ1v) is 6.92. The molecular formula is C13H12Cl2N2O2. The summed E-state index contributed by atoms with van der Waals surface area (Å²) in [6.07, 6.45) is 2.20. The minimum absolute atomic E-state index is 0.0502. The van der Waals surface area contributed by atoms with E-state index in [1.807, 2.05) is 0 Å². The number of carbonyl (C=O) groups excluding carboxylic acids is 2. The van der Waals surface area contributed by atoms with Crippen molar-refractivity contribution in [3.63, 3.8) is 0 Å². The fourth-order valence-electron chi connectivity index (χ4n) is 2.72. The molecule has 0 N–H and O–H groups in total. The van der Waals surface area contributed by atoms with Gasteiger partial charge in [0.2, 0.25) is 5.91 Å². The van der Waals surface area contributed by atoms with Crippen LogP contribution in [-0.2, 0) is 4.79 Å². The number of anilines is 1. The lowest BCUT2D eigenvalue weighted by Crippen LogP contribution is -2.54. The molecule has 0 saturated carbocycles. The molecule has 100 valence electrons. The number of rotatable bonds is 1. The fourth-order valence-corrected chi connectivity index (χ4v) is 3.09. The summed E-state index contributed by atoms with van der Waals surface area (Å²) < 4.78 is 0. The van der Waals surface area contributed by atoms with Gasteiger partial charge in [0.05, 0.1) is 10.7 Å². The van der Waals surface area contributed by atoms with Crippen molar-refractivity contribution in [2.75, 3.05) is 11.4 Å². The molecular weight excluding hydrogens is 287 g/mol. The topological polar surface area (TPSA) is 40.6 Å². The third-order valence-corrected chi connectivity index (χ3v) is 4.18. The van der Waals surface area contributed by atoms with Crippen molar-refractivity contribution in [1.29, 1.82) is 0 Å². The maximum Gasteiger partial charge on any atom is 0.331 e. The molecule has 2 aliphatic rings. The summed E-state index contributed by atoms with van der Waals surface area (Å²) in [5.41, 5.74) is 0.370. The lowest BCUT2D eigenvalue weighted by molar-refractivity contribution is -0.119. The Bertz CT molecular complexity index is 562. The lowest BCUT2D eigenvalue weighted by Gasteiger charge is -2.36. The van der Waals surface area contributed by atoms with E-state index in [0.29, 0.717) is 28.7 Å². The molecule has 0 spiro atoms. The van der Waals surface area contributed by atoms with E-state index in [9.17, 15) is 9.59 Å². The van der Waals surface area contributed by atoms with E-state index in [1.54, 1.807) is 23.1 Å². The second-order valence-electron chi connectivity index (χ2n) is 4.80. The average molecular weight is 299 g/mol. The minimum atomic E-state index is -0.289. The number of imide groups is 1. The normalized spacial score (nSPS) is 22.9. The SMILES string of the molecule is O=C1CC2CCCN2C(=O)N1c1cc(Cl)ccc1Cl. The van der Waals surface area contributed by atoms with Gasteiger partial charge in [-0.2, -0.15) is 0 Å². The Morgan fingerprint density at radius 1 is 1.21 bits per heavy atom. The Morgan fingerprint density at radius 2 is 2.00 bits per heavy atom. The van der Waals surface area contributed by atoms with E-state index in [1.165, 1.54) is 0 Å². The van der Waals surface area contributed by atoms with Crippen LogP contribution in [0.15, 0.2) is 18.2 Å². The number of hydrogen-bond acceptors (Lipinski definition) is 2. The summed E-state index contributed by atoms with van der Waals surface area (Å²) in [4.78, 5) is 27.5. The quantitative estimate of drug-likeness (QED) is 0.798. The van der Waals surface area contributed by atoms with Crippen molar-refractivity contribution in [3.05, 3.63) is 28.2 Å². The largest absolute Gasteiger partial charge is 0.331 e. The predicted molar refractivity (Wildman–Crippen MR) is 73.7 cm³/mol. The molecule has 0 aliphatic carbocycles. The van der Waals surface area contributed by atoms with Gasteiger partial charge in [-0.3, -0.25) is 4.79 Å². The van der Waals surface area contributed by atoms with Crippen LogP contribution < -0.4 is 4.90 Å². The van der Waals surface area contributed by atoms with Gasteiger partial charge in [-0.05, 0) is 31.0 Å². The molecule has 2 aliphatic heterocycles. The van der Waals surface area contributed by atoms with E-state index in [-0.39, 0.29) is 18.0 Å². The monoisotopic (exact) mass is 298 g/mol. The Balaban J connectivity index is 2.01. The molecule has 0 radical (unpaired) electrons. The number of hydrogen-bond donors (Lipinski definition) is 0. The van der Waals surface area contributed by atoms with Gasteiger partial charge < -0.3 is 4.90 Å². The number of fused-ring (bicyclic) bond motifs is 1. The van der Waals surface area contributed by atoms with Crippen molar-refractivity contribution in [2.45, 2.75) is 25.3 Å². The standard InChI is InChI=1S/C13H12Cl2N2O2/c14-8-3-4-10(15)11(6-8)17-12(18)7-9-2-1-5-16(9)13(17)19/h3-4,6,9H,1-2,5,7H2. The number of halogens is 2. The first-order valence-electron chi connectivity index (χ1n) is 6.16. The molecule has 2 fully saturated rings. The van der Waals surface area contributed by atoms with Crippen LogP contribution in [0.4, 0.5) is 10.5 Å². The first-order chi connectivity index (χ1) is 9.08. The molecule has 3 rings (SSSR count). The molecule has 0 bridgehead atoms. The van der Waals surface area contributed by atoms with Gasteiger partial charge >= 0.3 is 6.03 Å². The van der Waals surface area contributed by atoms with Gasteiger partial charge in [-0.1, -0.05) is 23.2 Å². The molecule has 4 nitrogen and oxygen atoms in total. The highest BCUT2D eigenvalue weighted by atomic mass is 35.5. The Morgan fingerprint density at radius 3 is 2.79 bits per heavy atom. The fraction of sp³-hybridized carbons (Fsp3) is 0.385. The number of benzene rings is 1. The summed E-state index contributed by atoms with van der Waals surface area (Å²) in [5, 5.41) is 0.798. The molecule has 1 unspecified atom stereocenters. The number of urea groups is 1. The Labute approximate surface area is 120 Å². The van der Waals surface area contributed by atoms with Crippen molar-refractivity contribution in [2.24, 2.45) is 0 Å². The molecule has 1 aromatic carbocycles. The van der Waals surface area contributed by atoms with Gasteiger partial charge in [0.25, 0.3) is 0 Å². The Hall–Kier alpha value is -1.26. The summed E-state index contributed by atoms with van der Waals surface area (Å²) in [6, 6.07) is 4.54. The van der Waals surface area contributed by atoms with E-state index in [2.05, 4.69) is 0 Å². The average Bonchev–Trinajstić information content (AvgIpc) is 2.82. The van der Waals surface area contributed by atoms with Crippen LogP contribution in [0.5, 0.6) is 0 Å². The van der Waals surface area contributed by atoms with Crippen LogP contribution in [0.1, 0.15) is 19.3 Å². The van der Waals surface area contributed by atoms with Gasteiger partial charge in [0, 0.05) is 24.0 Å². The molecule has 0 aromatic heterocycles. The van der Waals surface area contributed by atoms with Crippen molar-refractivity contribution >= 4 is 40.8 Å². The zero-order valence-electron chi connectivity index (χ0n) is 10.1. The van der Waals surface area contributed by atoms with Crippen LogP contribution in [0.25, 0.3) is 0 Å². The van der Waals surface area contributed by atoms with Gasteiger partial charge in [0.1, 0.15) is 0 Å². The molecule has 1 aromatic rings. The van der Waals surface area contributed by atoms with Gasteiger partial charge in [-0.15, -0.1) is 0 Å². The molecule has 2 heterocycles. The predicted octanol–water partition coefficient (Wildman–Crippen LogP) is 3.31. The van der Waals surface area contributed by atoms with Crippen molar-refractivity contribution in [1.82, 2.24) is 4.90 Å². The van der Waals surface area contributed by atoms with Crippen molar-refractivity contribution in [3.8, 4) is 0 Å². The molecule has 3 amide bonds. The van der Waals surface area contributed by atoms with Gasteiger partial charge in [-0.25, -0.2) is 9.69 Å². The highest BCUT2D eigenvalue weighted by Crippen LogP contribution is 2.35. The number of carbonyl (C=O) groups is 2. The smallest absolute Gasteiger partial charge is 0.320 e. The van der Waals surface area contributed by atoms with Crippen LogP contribution >= 0.6 is 23.2 Å². The maximum absolute atomic E-state index is 12.4. The van der Waals surface area contributed by atoms with E-state index >= 15 is 0 Å². The van der Waals surface area contributed by atoms with Crippen LogP contribution in [-0.4, -0.2) is 29.4 Å². The summed E-state index contributed by atoms with van der Waals surface area (Å²) >= 11 is 12.0. The van der Waals surface area contributed by atoms with E-state index < -0.39 is 0 Å². The van der Waals surface area contributed by atoms with Gasteiger partial charge in [0.15, 0.2) is 0 Å². The summed E-state index contributed by atoms with van der Waals surface area (Å²) in [7, 11) is 0. The highest BCUT2D eigenvalue weighted by Gasteiger charge is 2.42. The van der Waals surface area contributed by atoms with Crippen molar-refractivity contribution < 1.29 is 9.59 Å². The van der Waals surface area contributed by atoms with E-state index in [0.717, 1.165) is 17.7 Å². The van der Waals surface area contributed by atoms with Crippen LogP contribution in [0.2, 0.25) is 10.0 Å². The Kier molecular flexibility index (Phi) is 3.15. The third kappa shape index (κ3) is 2.09. The number of nitrogens with zero attached hydrogens (tertiary/aromatic N) is 2. The van der Waals surface area contributed by atoms with Crippen LogP contribution in [0.3, 0.4) is 0 Å². The minimum Gasteiger partial charge on any atom is -0.320 e. The highest BCUT2D eigenvalue weighted by molar-refractivity contribution is 6.37.